The molecule has 0 unspecified atom stereocenters. The highest BCUT2D eigenvalue weighted by Crippen LogP contribution is 2.33. The van der Waals surface area contributed by atoms with E-state index in [1.807, 2.05) is 70.2 Å². The highest BCUT2D eigenvalue weighted by Gasteiger charge is 2.26. The summed E-state index contributed by atoms with van der Waals surface area (Å²) in [5.74, 6) is 0.280. The number of aromatic nitrogens is 4. The van der Waals surface area contributed by atoms with Crippen LogP contribution in [0.2, 0.25) is 0 Å². The van der Waals surface area contributed by atoms with Crippen LogP contribution in [0.25, 0.3) is 11.1 Å². The number of para-hydroxylation sites is 1. The first kappa shape index (κ1) is 28.9. The van der Waals surface area contributed by atoms with Crippen molar-refractivity contribution in [2.45, 2.75) is 52.9 Å². The van der Waals surface area contributed by atoms with Crippen LogP contribution < -0.4 is 14.8 Å². The van der Waals surface area contributed by atoms with E-state index >= 15 is 0 Å². The fourth-order valence-corrected chi connectivity index (χ4v) is 5.06. The summed E-state index contributed by atoms with van der Waals surface area (Å²) in [7, 11) is 1.59. The van der Waals surface area contributed by atoms with Gasteiger partial charge in [0.25, 0.3) is 11.1 Å². The lowest BCUT2D eigenvalue weighted by molar-refractivity contribution is 0.0222. The maximum Gasteiger partial charge on any atom is 0.410 e. The van der Waals surface area contributed by atoms with Crippen molar-refractivity contribution in [2.24, 2.45) is 0 Å². The molecule has 42 heavy (non-hydrogen) atoms. The molecule has 2 amide bonds. The van der Waals surface area contributed by atoms with Crippen molar-refractivity contribution in [3.05, 3.63) is 76.9 Å². The summed E-state index contributed by atoms with van der Waals surface area (Å²) < 4.78 is 16.8. The SMILES string of the molecule is COc1ccccc1-c1cc(C)ncc1C(=O)Nc1nnc(OCc2ccc3c(n2)CCN(C(=O)OC(C)(C)C)C3)s1. The number of carbonyl (C=O) groups excluding carboxylic acids is 2. The Morgan fingerprint density at radius 2 is 1.90 bits per heavy atom. The first-order chi connectivity index (χ1) is 20.1. The minimum Gasteiger partial charge on any atom is -0.496 e. The third-order valence-electron chi connectivity index (χ3n) is 6.41. The molecule has 1 N–H and O–H groups in total. The van der Waals surface area contributed by atoms with Gasteiger partial charge >= 0.3 is 6.09 Å². The number of rotatable bonds is 7. The van der Waals surface area contributed by atoms with Crippen LogP contribution >= 0.6 is 11.3 Å². The zero-order chi connectivity index (χ0) is 29.9. The summed E-state index contributed by atoms with van der Waals surface area (Å²) in [6.45, 7) is 8.60. The Labute approximate surface area is 247 Å². The second-order valence-electron chi connectivity index (χ2n) is 10.7. The van der Waals surface area contributed by atoms with Crippen molar-refractivity contribution in [1.82, 2.24) is 25.1 Å². The smallest absolute Gasteiger partial charge is 0.410 e. The van der Waals surface area contributed by atoms with Crippen LogP contribution in [-0.4, -0.2) is 56.3 Å². The lowest BCUT2D eigenvalue weighted by Gasteiger charge is -2.30. The zero-order valence-corrected chi connectivity index (χ0v) is 24.9. The number of nitrogens with one attached hydrogen (secondary N) is 1. The highest BCUT2D eigenvalue weighted by molar-refractivity contribution is 7.17. The first-order valence-corrected chi connectivity index (χ1v) is 14.2. The van der Waals surface area contributed by atoms with Crippen LogP contribution in [0.3, 0.4) is 0 Å². The van der Waals surface area contributed by atoms with E-state index in [1.54, 1.807) is 18.2 Å². The van der Waals surface area contributed by atoms with E-state index < -0.39 is 5.60 Å². The number of carbonyl (C=O) groups is 2. The molecule has 4 aromatic rings. The fourth-order valence-electron chi connectivity index (χ4n) is 4.47. The van der Waals surface area contributed by atoms with E-state index in [2.05, 4.69) is 20.5 Å². The molecule has 1 aromatic carbocycles. The van der Waals surface area contributed by atoms with Gasteiger partial charge in [-0.25, -0.2) is 4.79 Å². The molecule has 0 aliphatic carbocycles. The third-order valence-corrected chi connectivity index (χ3v) is 7.16. The van der Waals surface area contributed by atoms with Gasteiger partial charge in [0.2, 0.25) is 5.13 Å². The van der Waals surface area contributed by atoms with Crippen LogP contribution in [0.4, 0.5) is 9.93 Å². The number of methoxy groups -OCH3 is 1. The Morgan fingerprint density at radius 3 is 2.69 bits per heavy atom. The van der Waals surface area contributed by atoms with Crippen LogP contribution in [0.15, 0.2) is 48.7 Å². The fraction of sp³-hybridized carbons (Fsp3) is 0.333. The number of nitrogens with zero attached hydrogens (tertiary/aromatic N) is 5. The highest BCUT2D eigenvalue weighted by atomic mass is 32.1. The van der Waals surface area contributed by atoms with E-state index in [0.717, 1.165) is 39.5 Å². The Morgan fingerprint density at radius 1 is 1.10 bits per heavy atom. The van der Waals surface area contributed by atoms with Gasteiger partial charge in [0, 0.05) is 41.7 Å². The minimum atomic E-state index is -0.540. The number of ether oxygens (including phenoxy) is 3. The molecular formula is C30H32N6O5S. The lowest BCUT2D eigenvalue weighted by atomic mass is 9.99. The van der Waals surface area contributed by atoms with E-state index in [-0.39, 0.29) is 18.6 Å². The minimum absolute atomic E-state index is 0.186. The van der Waals surface area contributed by atoms with Gasteiger partial charge < -0.3 is 19.1 Å². The predicted molar refractivity (Wildman–Crippen MR) is 158 cm³/mol. The molecule has 12 heteroatoms. The van der Waals surface area contributed by atoms with Crippen LogP contribution in [0, 0.1) is 6.92 Å². The normalized spacial score (nSPS) is 12.8. The molecule has 0 radical (unpaired) electrons. The average molecular weight is 589 g/mol. The molecule has 1 aliphatic heterocycles. The van der Waals surface area contributed by atoms with Crippen LogP contribution in [0.1, 0.15) is 53.8 Å². The van der Waals surface area contributed by atoms with Gasteiger partial charge in [-0.1, -0.05) is 29.4 Å². The van der Waals surface area contributed by atoms with Gasteiger partial charge in [0.15, 0.2) is 0 Å². The van der Waals surface area contributed by atoms with Crippen molar-refractivity contribution < 1.29 is 23.8 Å². The molecular weight excluding hydrogens is 556 g/mol. The summed E-state index contributed by atoms with van der Waals surface area (Å²) in [5, 5.41) is 11.5. The van der Waals surface area contributed by atoms with Gasteiger partial charge in [0.05, 0.1) is 24.9 Å². The standard InChI is InChI=1S/C30H32N6O5S/c1-18-14-22(21-8-6-7-9-25(21)39-5)23(15-31-18)26(37)33-27-34-35-28(42-27)40-17-20-11-10-19-16-36(13-12-24(19)32-20)29(38)41-30(2,3)4/h6-11,14-15H,12-13,16-17H2,1-5H3,(H,33,34,37). The van der Waals surface area contributed by atoms with Gasteiger partial charge in [-0.15, -0.1) is 5.10 Å². The summed E-state index contributed by atoms with van der Waals surface area (Å²) in [6, 6.07) is 13.2. The Hall–Kier alpha value is -4.58. The summed E-state index contributed by atoms with van der Waals surface area (Å²) >= 11 is 1.12. The second kappa shape index (κ2) is 12.1. The molecule has 1 aliphatic rings. The maximum absolute atomic E-state index is 13.2. The van der Waals surface area contributed by atoms with E-state index in [0.29, 0.717) is 46.7 Å². The quantitative estimate of drug-likeness (QED) is 0.300. The second-order valence-corrected chi connectivity index (χ2v) is 11.7. The van der Waals surface area contributed by atoms with E-state index in [9.17, 15) is 9.59 Å². The molecule has 0 spiro atoms. The predicted octanol–water partition coefficient (Wildman–Crippen LogP) is 5.44. The monoisotopic (exact) mass is 588 g/mol. The van der Waals surface area contributed by atoms with Crippen molar-refractivity contribution in [1.29, 1.82) is 0 Å². The van der Waals surface area contributed by atoms with Gasteiger partial charge in [0.1, 0.15) is 18.0 Å². The van der Waals surface area contributed by atoms with Crippen molar-refractivity contribution in [3.63, 3.8) is 0 Å². The number of aryl methyl sites for hydroxylation is 1. The number of hydrogen-bond acceptors (Lipinski definition) is 10. The van der Waals surface area contributed by atoms with E-state index in [1.165, 1.54) is 0 Å². The Kier molecular flexibility index (Phi) is 8.34. The molecule has 0 atom stereocenters. The van der Waals surface area contributed by atoms with Crippen molar-refractivity contribution in [3.8, 4) is 22.1 Å². The van der Waals surface area contributed by atoms with Crippen molar-refractivity contribution >= 4 is 28.5 Å². The molecule has 218 valence electrons. The summed E-state index contributed by atoms with van der Waals surface area (Å²) in [4.78, 5) is 36.4. The number of pyridine rings is 2. The molecule has 11 nitrogen and oxygen atoms in total. The lowest BCUT2D eigenvalue weighted by Crippen LogP contribution is -2.40. The molecule has 0 saturated heterocycles. The molecule has 0 saturated carbocycles. The average Bonchev–Trinajstić information content (AvgIpc) is 3.41. The number of fused-ring (bicyclic) bond motifs is 1. The van der Waals surface area contributed by atoms with Gasteiger partial charge in [-0.3, -0.25) is 20.1 Å². The Bertz CT molecular complexity index is 1620. The molecule has 4 heterocycles. The molecule has 5 rings (SSSR count). The molecule has 3 aromatic heterocycles. The first-order valence-electron chi connectivity index (χ1n) is 13.4. The Balaban J connectivity index is 1.21. The third kappa shape index (κ3) is 6.82. The van der Waals surface area contributed by atoms with Crippen LogP contribution in [-0.2, 0) is 24.3 Å². The number of benzene rings is 1. The van der Waals surface area contributed by atoms with Crippen molar-refractivity contribution in [2.75, 3.05) is 19.0 Å². The largest absolute Gasteiger partial charge is 0.496 e. The zero-order valence-electron chi connectivity index (χ0n) is 24.1. The maximum atomic E-state index is 13.2. The number of hydrogen-bond donors (Lipinski definition) is 1. The van der Waals surface area contributed by atoms with Crippen LogP contribution in [0.5, 0.6) is 10.9 Å². The van der Waals surface area contributed by atoms with Gasteiger partial charge in [-0.05, 0) is 62.8 Å². The number of amides is 2. The summed E-state index contributed by atoms with van der Waals surface area (Å²) in [6.07, 6.45) is 1.84. The van der Waals surface area contributed by atoms with Gasteiger partial charge in [-0.2, -0.15) is 0 Å². The summed E-state index contributed by atoms with van der Waals surface area (Å²) in [5.41, 5.74) is 4.74. The van der Waals surface area contributed by atoms with E-state index in [4.69, 9.17) is 19.2 Å². The molecule has 0 bridgehead atoms. The number of anilines is 1. The molecule has 0 fully saturated rings. The topological polar surface area (TPSA) is 129 Å².